The average molecular weight is 252 g/mol. The highest BCUT2D eigenvalue weighted by atomic mass is 16.6. The minimum atomic E-state index is -0.383. The lowest BCUT2D eigenvalue weighted by atomic mass is 10.0. The van der Waals surface area contributed by atoms with Gasteiger partial charge in [0.05, 0.1) is 16.0 Å². The minimum Gasteiger partial charge on any atom is -0.258 e. The van der Waals surface area contributed by atoms with E-state index >= 15 is 0 Å². The number of benzene rings is 2. The minimum absolute atomic E-state index is 0.0958. The van der Waals surface area contributed by atoms with E-state index in [9.17, 15) is 10.1 Å². The lowest BCUT2D eigenvalue weighted by Gasteiger charge is -2.06. The van der Waals surface area contributed by atoms with Crippen molar-refractivity contribution in [1.82, 2.24) is 4.98 Å². The summed E-state index contributed by atoms with van der Waals surface area (Å²) in [7, 11) is 0. The number of pyridine rings is 1. The molecular formula is C15H12N2O2. The molecule has 19 heavy (non-hydrogen) atoms. The lowest BCUT2D eigenvalue weighted by Crippen LogP contribution is -1.90. The van der Waals surface area contributed by atoms with E-state index in [1.54, 1.807) is 12.1 Å². The molecule has 4 heteroatoms. The highest BCUT2D eigenvalue weighted by Gasteiger charge is 2.08. The van der Waals surface area contributed by atoms with Gasteiger partial charge in [0.1, 0.15) is 0 Å². The lowest BCUT2D eigenvalue weighted by molar-refractivity contribution is -0.384. The molecule has 0 aliphatic rings. The molecule has 3 aromatic rings. The summed E-state index contributed by atoms with van der Waals surface area (Å²) in [4.78, 5) is 15.0. The van der Waals surface area contributed by atoms with E-state index in [2.05, 4.69) is 11.1 Å². The molecule has 0 spiro atoms. The first-order valence-corrected chi connectivity index (χ1v) is 6.01. The third-order valence-corrected chi connectivity index (χ3v) is 3.27. The van der Waals surface area contributed by atoms with E-state index in [1.807, 2.05) is 26.0 Å². The molecule has 0 bridgehead atoms. The van der Waals surface area contributed by atoms with E-state index in [4.69, 9.17) is 0 Å². The largest absolute Gasteiger partial charge is 0.270 e. The van der Waals surface area contributed by atoms with Crippen molar-refractivity contribution in [3.8, 4) is 0 Å². The second-order valence-corrected chi connectivity index (χ2v) is 4.77. The Hall–Kier alpha value is -2.49. The molecule has 0 N–H and O–H groups in total. The highest BCUT2D eigenvalue weighted by Crippen LogP contribution is 2.26. The SMILES string of the molecule is Cc1cc(C)c2cc3cc([N+](=O)[O-])ccc3nc2c1. The molecule has 0 saturated carbocycles. The number of rotatable bonds is 1. The van der Waals surface area contributed by atoms with Gasteiger partial charge in [0.25, 0.3) is 5.69 Å². The number of aromatic nitrogens is 1. The Kier molecular flexibility index (Phi) is 2.45. The molecule has 0 unspecified atom stereocenters. The van der Waals surface area contributed by atoms with Gasteiger partial charge in [-0.3, -0.25) is 10.1 Å². The maximum atomic E-state index is 10.8. The molecule has 0 aliphatic heterocycles. The standard InChI is InChI=1S/C15H12N2O2/c1-9-5-10(2)13-8-11-7-12(17(18)19)3-4-14(11)16-15(13)6-9/h3-8H,1-2H3. The van der Waals surface area contributed by atoms with Crippen LogP contribution in [0.1, 0.15) is 11.1 Å². The van der Waals surface area contributed by atoms with Crippen LogP contribution in [-0.2, 0) is 0 Å². The molecule has 0 fully saturated rings. The first-order chi connectivity index (χ1) is 9.04. The molecular weight excluding hydrogens is 240 g/mol. The first kappa shape index (κ1) is 11.6. The van der Waals surface area contributed by atoms with Crippen molar-refractivity contribution in [1.29, 1.82) is 0 Å². The van der Waals surface area contributed by atoms with Gasteiger partial charge in [0.15, 0.2) is 0 Å². The van der Waals surface area contributed by atoms with Crippen molar-refractivity contribution in [2.45, 2.75) is 13.8 Å². The summed E-state index contributed by atoms with van der Waals surface area (Å²) in [5, 5.41) is 12.6. The molecule has 94 valence electrons. The Morgan fingerprint density at radius 2 is 1.84 bits per heavy atom. The van der Waals surface area contributed by atoms with Gasteiger partial charge in [-0.15, -0.1) is 0 Å². The Morgan fingerprint density at radius 3 is 2.58 bits per heavy atom. The molecule has 1 aromatic heterocycles. The van der Waals surface area contributed by atoms with E-state index in [0.29, 0.717) is 0 Å². The number of hydrogen-bond donors (Lipinski definition) is 0. The van der Waals surface area contributed by atoms with E-state index in [0.717, 1.165) is 27.4 Å². The van der Waals surface area contributed by atoms with E-state index in [1.165, 1.54) is 11.6 Å². The molecule has 0 radical (unpaired) electrons. The molecule has 0 aliphatic carbocycles. The van der Waals surface area contributed by atoms with Crippen LogP contribution in [0.2, 0.25) is 0 Å². The smallest absolute Gasteiger partial charge is 0.258 e. The Bertz CT molecular complexity index is 825. The van der Waals surface area contributed by atoms with Crippen molar-refractivity contribution in [3.63, 3.8) is 0 Å². The van der Waals surface area contributed by atoms with E-state index in [-0.39, 0.29) is 10.6 Å². The van der Waals surface area contributed by atoms with Crippen LogP contribution in [0.25, 0.3) is 21.8 Å². The maximum Gasteiger partial charge on any atom is 0.270 e. The van der Waals surface area contributed by atoms with Gasteiger partial charge < -0.3 is 0 Å². The van der Waals surface area contributed by atoms with Crippen molar-refractivity contribution >= 4 is 27.5 Å². The fourth-order valence-corrected chi connectivity index (χ4v) is 2.39. The van der Waals surface area contributed by atoms with Crippen molar-refractivity contribution in [3.05, 3.63) is 57.6 Å². The number of nitro benzene ring substituents is 1. The Labute approximate surface area is 109 Å². The monoisotopic (exact) mass is 252 g/mol. The molecule has 0 saturated heterocycles. The van der Waals surface area contributed by atoms with Gasteiger partial charge in [-0.2, -0.15) is 0 Å². The van der Waals surface area contributed by atoms with Crippen LogP contribution in [0.15, 0.2) is 36.4 Å². The van der Waals surface area contributed by atoms with Gasteiger partial charge >= 0.3 is 0 Å². The fraction of sp³-hybridized carbons (Fsp3) is 0.133. The maximum absolute atomic E-state index is 10.8. The normalized spacial score (nSPS) is 11.1. The van der Waals surface area contributed by atoms with Gasteiger partial charge in [0, 0.05) is 22.9 Å². The van der Waals surface area contributed by atoms with Crippen LogP contribution in [0.3, 0.4) is 0 Å². The molecule has 1 heterocycles. The number of non-ortho nitro benzene ring substituents is 1. The average Bonchev–Trinajstić information content (AvgIpc) is 2.36. The van der Waals surface area contributed by atoms with Crippen molar-refractivity contribution in [2.75, 3.05) is 0 Å². The second kappa shape index (κ2) is 4.02. The Balaban J connectivity index is 2.38. The molecule has 2 aromatic carbocycles. The van der Waals surface area contributed by atoms with Gasteiger partial charge in [-0.1, -0.05) is 6.07 Å². The van der Waals surface area contributed by atoms with Crippen LogP contribution in [0, 0.1) is 24.0 Å². The summed E-state index contributed by atoms with van der Waals surface area (Å²) < 4.78 is 0. The number of aryl methyl sites for hydroxylation is 2. The van der Waals surface area contributed by atoms with Gasteiger partial charge in [-0.25, -0.2) is 4.98 Å². The van der Waals surface area contributed by atoms with Crippen LogP contribution in [0.4, 0.5) is 5.69 Å². The summed E-state index contributed by atoms with van der Waals surface area (Å²) >= 11 is 0. The van der Waals surface area contributed by atoms with E-state index < -0.39 is 0 Å². The fourth-order valence-electron chi connectivity index (χ4n) is 2.39. The molecule has 0 amide bonds. The van der Waals surface area contributed by atoms with Crippen LogP contribution < -0.4 is 0 Å². The molecule has 4 nitrogen and oxygen atoms in total. The second-order valence-electron chi connectivity index (χ2n) is 4.77. The Morgan fingerprint density at radius 1 is 1.05 bits per heavy atom. The first-order valence-electron chi connectivity index (χ1n) is 6.01. The highest BCUT2D eigenvalue weighted by molar-refractivity contribution is 5.95. The number of nitrogens with zero attached hydrogens (tertiary/aromatic N) is 2. The van der Waals surface area contributed by atoms with Crippen molar-refractivity contribution < 1.29 is 4.92 Å². The summed E-state index contributed by atoms with van der Waals surface area (Å²) in [5.74, 6) is 0. The third-order valence-electron chi connectivity index (χ3n) is 3.27. The van der Waals surface area contributed by atoms with Gasteiger partial charge in [0.2, 0.25) is 0 Å². The molecule has 0 atom stereocenters. The summed E-state index contributed by atoms with van der Waals surface area (Å²) in [5.41, 5.74) is 4.11. The topological polar surface area (TPSA) is 56.0 Å². The summed E-state index contributed by atoms with van der Waals surface area (Å²) in [6.45, 7) is 4.06. The van der Waals surface area contributed by atoms with Gasteiger partial charge in [-0.05, 0) is 43.2 Å². The van der Waals surface area contributed by atoms with Crippen molar-refractivity contribution in [2.24, 2.45) is 0 Å². The zero-order valence-electron chi connectivity index (χ0n) is 10.7. The van der Waals surface area contributed by atoms with Crippen LogP contribution in [0.5, 0.6) is 0 Å². The predicted octanol–water partition coefficient (Wildman–Crippen LogP) is 3.91. The zero-order chi connectivity index (χ0) is 13.6. The number of hydrogen-bond acceptors (Lipinski definition) is 3. The van der Waals surface area contributed by atoms with Crippen LogP contribution >= 0.6 is 0 Å². The zero-order valence-corrected chi connectivity index (χ0v) is 10.7. The third kappa shape index (κ3) is 1.91. The number of nitro groups is 1. The number of fused-ring (bicyclic) bond motifs is 2. The molecule has 3 rings (SSSR count). The quantitative estimate of drug-likeness (QED) is 0.375. The summed E-state index contributed by atoms with van der Waals surface area (Å²) in [6, 6.07) is 10.9. The predicted molar refractivity (Wildman–Crippen MR) is 75.4 cm³/mol. The summed E-state index contributed by atoms with van der Waals surface area (Å²) in [6.07, 6.45) is 0. The van der Waals surface area contributed by atoms with Crippen LogP contribution in [-0.4, -0.2) is 9.91 Å².